The van der Waals surface area contributed by atoms with E-state index in [4.69, 9.17) is 5.26 Å². The van der Waals surface area contributed by atoms with Crippen LogP contribution in [-0.4, -0.2) is 0 Å². The Morgan fingerprint density at radius 3 is 2.17 bits per heavy atom. The molecule has 23 heavy (non-hydrogen) atoms. The summed E-state index contributed by atoms with van der Waals surface area (Å²) in [6.45, 7) is 2.23. The van der Waals surface area contributed by atoms with Gasteiger partial charge in [-0.1, -0.05) is 45.4 Å². The second kappa shape index (κ2) is 9.01. The summed E-state index contributed by atoms with van der Waals surface area (Å²) >= 11 is 0. The summed E-state index contributed by atoms with van der Waals surface area (Å²) in [6.07, 6.45) is 12.2. The minimum absolute atomic E-state index is 0.239. The Morgan fingerprint density at radius 2 is 1.61 bits per heavy atom. The molecule has 1 saturated carbocycles. The molecule has 1 aliphatic rings. The topological polar surface area (TPSA) is 23.8 Å². The number of hydrogen-bond donors (Lipinski definition) is 0. The summed E-state index contributed by atoms with van der Waals surface area (Å²) in [5.74, 6) is -0.426. The van der Waals surface area contributed by atoms with E-state index in [1.54, 1.807) is 6.07 Å². The Kier molecular flexibility index (Phi) is 7.02. The van der Waals surface area contributed by atoms with Crippen molar-refractivity contribution in [1.82, 2.24) is 0 Å². The van der Waals surface area contributed by atoms with Crippen molar-refractivity contribution in [3.8, 4) is 6.07 Å². The Labute approximate surface area is 138 Å². The van der Waals surface area contributed by atoms with Crippen LogP contribution in [0.2, 0.25) is 0 Å². The highest BCUT2D eigenvalue weighted by atomic mass is 19.1. The molecular weight excluding hydrogens is 292 g/mol. The molecule has 0 bridgehead atoms. The molecule has 0 unspecified atom stereocenters. The van der Waals surface area contributed by atoms with Gasteiger partial charge in [-0.25, -0.2) is 8.78 Å². The summed E-state index contributed by atoms with van der Waals surface area (Å²) in [7, 11) is 0. The van der Waals surface area contributed by atoms with E-state index in [2.05, 4.69) is 6.92 Å². The predicted octanol–water partition coefficient (Wildman–Crippen LogP) is 6.47. The molecule has 0 heterocycles. The molecule has 0 aliphatic heterocycles. The Hall–Kier alpha value is -1.43. The molecule has 1 fully saturated rings. The zero-order chi connectivity index (χ0) is 16.7. The van der Waals surface area contributed by atoms with Gasteiger partial charge in [0.15, 0.2) is 0 Å². The molecule has 126 valence electrons. The van der Waals surface area contributed by atoms with Crippen molar-refractivity contribution >= 4 is 0 Å². The third kappa shape index (κ3) is 5.03. The molecule has 0 amide bonds. The molecular formula is C20H27F2N. The molecule has 1 aliphatic carbocycles. The molecule has 3 heteroatoms. The first-order chi connectivity index (χ1) is 11.2. The van der Waals surface area contributed by atoms with E-state index in [9.17, 15) is 8.78 Å². The van der Waals surface area contributed by atoms with E-state index in [0.29, 0.717) is 0 Å². The van der Waals surface area contributed by atoms with Crippen LogP contribution in [0.4, 0.5) is 8.78 Å². The zero-order valence-corrected chi connectivity index (χ0v) is 14.1. The fraction of sp³-hybridized carbons (Fsp3) is 0.650. The van der Waals surface area contributed by atoms with Crippen LogP contribution in [0.1, 0.15) is 88.2 Å². The SMILES string of the molecule is CCCCCCC[C@H]1CC[C@H](c2cc(F)c(C#N)c(F)c2)CC1. The highest BCUT2D eigenvalue weighted by molar-refractivity contribution is 5.36. The van der Waals surface area contributed by atoms with E-state index < -0.39 is 17.2 Å². The fourth-order valence-corrected chi connectivity index (χ4v) is 3.76. The lowest BCUT2D eigenvalue weighted by Crippen LogP contribution is -2.14. The quantitative estimate of drug-likeness (QED) is 0.528. The van der Waals surface area contributed by atoms with Crippen LogP contribution in [0.15, 0.2) is 12.1 Å². The maximum Gasteiger partial charge on any atom is 0.144 e. The van der Waals surface area contributed by atoms with Gasteiger partial charge < -0.3 is 0 Å². The van der Waals surface area contributed by atoms with Crippen molar-refractivity contribution in [2.45, 2.75) is 77.0 Å². The van der Waals surface area contributed by atoms with Gasteiger partial charge >= 0.3 is 0 Å². The van der Waals surface area contributed by atoms with Gasteiger partial charge in [0.1, 0.15) is 23.3 Å². The first kappa shape index (κ1) is 17.9. The van der Waals surface area contributed by atoms with Crippen molar-refractivity contribution in [2.75, 3.05) is 0 Å². The minimum atomic E-state index is -0.722. The van der Waals surface area contributed by atoms with Crippen molar-refractivity contribution in [3.63, 3.8) is 0 Å². The second-order valence-corrected chi connectivity index (χ2v) is 6.89. The summed E-state index contributed by atoms with van der Waals surface area (Å²) in [5.41, 5.74) is 0.259. The smallest absolute Gasteiger partial charge is 0.144 e. The van der Waals surface area contributed by atoms with Crippen LogP contribution in [0.5, 0.6) is 0 Å². The van der Waals surface area contributed by atoms with Gasteiger partial charge in [0.25, 0.3) is 0 Å². The molecule has 0 saturated heterocycles. The van der Waals surface area contributed by atoms with Crippen molar-refractivity contribution in [1.29, 1.82) is 5.26 Å². The molecule has 0 aromatic heterocycles. The average Bonchev–Trinajstić information content (AvgIpc) is 2.55. The molecule has 0 radical (unpaired) electrons. The van der Waals surface area contributed by atoms with Crippen LogP contribution in [0, 0.1) is 28.9 Å². The Bertz CT molecular complexity index is 516. The number of benzene rings is 1. The molecule has 0 atom stereocenters. The van der Waals surface area contributed by atoms with Gasteiger partial charge in [-0.2, -0.15) is 5.26 Å². The highest BCUT2D eigenvalue weighted by Gasteiger charge is 2.24. The maximum atomic E-state index is 13.7. The van der Waals surface area contributed by atoms with Crippen LogP contribution in [0.3, 0.4) is 0 Å². The average molecular weight is 319 g/mol. The van der Waals surface area contributed by atoms with Crippen LogP contribution < -0.4 is 0 Å². The van der Waals surface area contributed by atoms with Gasteiger partial charge in [0.2, 0.25) is 0 Å². The molecule has 1 nitrogen and oxygen atoms in total. The van der Waals surface area contributed by atoms with Gasteiger partial charge in [0, 0.05) is 0 Å². The Morgan fingerprint density at radius 1 is 1.00 bits per heavy atom. The van der Waals surface area contributed by atoms with Crippen molar-refractivity contribution in [2.24, 2.45) is 5.92 Å². The summed E-state index contributed by atoms with van der Waals surface area (Å²) in [5, 5.41) is 8.74. The van der Waals surface area contributed by atoms with Gasteiger partial charge in [-0.3, -0.25) is 0 Å². The van der Waals surface area contributed by atoms with Gasteiger partial charge in [0.05, 0.1) is 0 Å². The molecule has 1 aromatic carbocycles. The van der Waals surface area contributed by atoms with Gasteiger partial charge in [-0.05, 0) is 55.2 Å². The summed E-state index contributed by atoms with van der Waals surface area (Å²) in [6, 6.07) is 4.31. The normalized spacial score (nSPS) is 21.1. The molecule has 0 spiro atoms. The number of nitrogens with zero attached hydrogens (tertiary/aromatic N) is 1. The minimum Gasteiger partial charge on any atom is -0.205 e. The first-order valence-corrected chi connectivity index (χ1v) is 9.04. The summed E-state index contributed by atoms with van der Waals surface area (Å²) in [4.78, 5) is 0. The van der Waals surface area contributed by atoms with E-state index in [1.807, 2.05) is 0 Å². The fourth-order valence-electron chi connectivity index (χ4n) is 3.76. The molecule has 0 N–H and O–H groups in total. The predicted molar refractivity (Wildman–Crippen MR) is 89.1 cm³/mol. The van der Waals surface area contributed by atoms with E-state index in [-0.39, 0.29) is 5.92 Å². The van der Waals surface area contributed by atoms with Crippen molar-refractivity contribution in [3.05, 3.63) is 34.9 Å². The number of halogens is 2. The lowest BCUT2D eigenvalue weighted by Gasteiger charge is -2.29. The Balaban J connectivity index is 1.82. The maximum absolute atomic E-state index is 13.7. The molecule has 1 aromatic rings. The van der Waals surface area contributed by atoms with Crippen molar-refractivity contribution < 1.29 is 8.78 Å². The molecule has 2 rings (SSSR count). The number of rotatable bonds is 7. The zero-order valence-electron chi connectivity index (χ0n) is 14.1. The number of unbranched alkanes of at least 4 members (excludes halogenated alkanes) is 4. The van der Waals surface area contributed by atoms with Crippen LogP contribution in [0.25, 0.3) is 0 Å². The largest absolute Gasteiger partial charge is 0.205 e. The standard InChI is InChI=1S/C20H27F2N/c1-2-3-4-5-6-7-15-8-10-16(11-9-15)17-12-19(21)18(14-23)20(22)13-17/h12-13,15-16H,2-11H2,1H3/t15-,16-. The van der Waals surface area contributed by atoms with Crippen LogP contribution >= 0.6 is 0 Å². The number of nitriles is 1. The lowest BCUT2D eigenvalue weighted by molar-refractivity contribution is 0.301. The number of hydrogen-bond acceptors (Lipinski definition) is 1. The van der Waals surface area contributed by atoms with Gasteiger partial charge in [-0.15, -0.1) is 0 Å². The summed E-state index contributed by atoms with van der Waals surface area (Å²) < 4.78 is 27.5. The van der Waals surface area contributed by atoms with Crippen LogP contribution in [-0.2, 0) is 0 Å². The second-order valence-electron chi connectivity index (χ2n) is 6.89. The third-order valence-corrected chi connectivity index (χ3v) is 5.21. The van der Waals surface area contributed by atoms with E-state index >= 15 is 0 Å². The lowest BCUT2D eigenvalue weighted by atomic mass is 9.77. The van der Waals surface area contributed by atoms with E-state index in [1.165, 1.54) is 50.7 Å². The first-order valence-electron chi connectivity index (χ1n) is 9.04. The highest BCUT2D eigenvalue weighted by Crippen LogP contribution is 2.38. The third-order valence-electron chi connectivity index (χ3n) is 5.21. The van der Waals surface area contributed by atoms with E-state index in [0.717, 1.165) is 37.2 Å². The monoisotopic (exact) mass is 319 g/mol.